The number of rotatable bonds is 4. The van der Waals surface area contributed by atoms with Crippen molar-refractivity contribution in [3.8, 4) is 0 Å². The Morgan fingerprint density at radius 3 is 2.86 bits per heavy atom. The van der Waals surface area contributed by atoms with Crippen molar-refractivity contribution in [1.29, 1.82) is 0 Å². The van der Waals surface area contributed by atoms with Crippen LogP contribution in [0.15, 0.2) is 12.3 Å². The summed E-state index contributed by atoms with van der Waals surface area (Å²) in [6.45, 7) is 0.423. The monoisotopic (exact) mass is 298 g/mol. The Bertz CT molecular complexity index is 551. The molecule has 0 spiro atoms. The lowest BCUT2D eigenvalue weighted by molar-refractivity contribution is -0.137. The van der Waals surface area contributed by atoms with Gasteiger partial charge in [0.15, 0.2) is 5.82 Å². The van der Waals surface area contributed by atoms with E-state index < -0.39 is 23.6 Å². The van der Waals surface area contributed by atoms with Gasteiger partial charge in [-0.15, -0.1) is 0 Å². The third kappa shape index (κ3) is 3.53. The van der Waals surface area contributed by atoms with E-state index in [1.165, 1.54) is 4.90 Å². The molecule has 1 aromatic rings. The average molecular weight is 298 g/mol. The van der Waals surface area contributed by atoms with Gasteiger partial charge in [-0.1, -0.05) is 0 Å². The Balaban J connectivity index is 2.18. The van der Waals surface area contributed by atoms with Gasteiger partial charge in [-0.25, -0.2) is 9.37 Å². The van der Waals surface area contributed by atoms with Crippen molar-refractivity contribution in [2.75, 3.05) is 6.54 Å². The minimum Gasteiger partial charge on any atom is -0.481 e. The quantitative estimate of drug-likeness (QED) is 0.865. The maximum absolute atomic E-state index is 13.7. The molecule has 1 unspecified atom stereocenters. The number of piperidine rings is 1. The van der Waals surface area contributed by atoms with E-state index >= 15 is 0 Å². The van der Waals surface area contributed by atoms with E-state index in [0.29, 0.717) is 19.4 Å². The second kappa shape index (κ2) is 6.60. The summed E-state index contributed by atoms with van der Waals surface area (Å²) in [6, 6.07) is 0.891. The first-order valence-corrected chi connectivity index (χ1v) is 6.83. The predicted molar refractivity (Wildman–Crippen MR) is 69.7 cm³/mol. The predicted octanol–water partition coefficient (Wildman–Crippen LogP) is 2.22. The van der Waals surface area contributed by atoms with Crippen LogP contribution in [0, 0.1) is 11.8 Å². The minimum absolute atomic E-state index is 0.0539. The highest BCUT2D eigenvalue weighted by atomic mass is 19.2. The fourth-order valence-corrected chi connectivity index (χ4v) is 2.60. The van der Waals surface area contributed by atoms with E-state index in [9.17, 15) is 18.4 Å². The lowest BCUT2D eigenvalue weighted by atomic mass is 9.97. The van der Waals surface area contributed by atoms with Crippen LogP contribution in [-0.4, -0.2) is 39.5 Å². The molecule has 1 N–H and O–H groups in total. The number of aliphatic carboxylic acids is 1. The molecule has 2 rings (SSSR count). The van der Waals surface area contributed by atoms with Gasteiger partial charge in [-0.05, 0) is 31.7 Å². The van der Waals surface area contributed by atoms with Gasteiger partial charge in [-0.3, -0.25) is 9.59 Å². The third-order valence-electron chi connectivity index (χ3n) is 3.66. The number of hydrogen-bond donors (Lipinski definition) is 1. The zero-order valence-electron chi connectivity index (χ0n) is 11.4. The molecule has 1 aliphatic rings. The standard InChI is InChI=1S/C14H16F2N2O3/c15-12-10(6-7-17-13(12)16)14(21)18-8-2-1-3-9(18)4-5-11(19)20/h6-7,9H,1-5,8H2,(H,19,20). The molecule has 114 valence electrons. The van der Waals surface area contributed by atoms with Crippen molar-refractivity contribution in [2.24, 2.45) is 0 Å². The van der Waals surface area contributed by atoms with E-state index in [2.05, 4.69) is 4.98 Å². The Labute approximate surface area is 120 Å². The van der Waals surface area contributed by atoms with E-state index in [1.54, 1.807) is 0 Å². The van der Waals surface area contributed by atoms with Crippen LogP contribution in [0.1, 0.15) is 42.5 Å². The topological polar surface area (TPSA) is 70.5 Å². The minimum atomic E-state index is -1.31. The smallest absolute Gasteiger partial charge is 0.303 e. The Kier molecular flexibility index (Phi) is 4.82. The molecule has 1 aliphatic heterocycles. The van der Waals surface area contributed by atoms with Gasteiger partial charge in [0.05, 0.1) is 5.56 Å². The Morgan fingerprint density at radius 2 is 2.14 bits per heavy atom. The molecule has 1 fully saturated rings. The van der Waals surface area contributed by atoms with Gasteiger partial charge in [0.25, 0.3) is 5.91 Å². The summed E-state index contributed by atoms with van der Waals surface area (Å²) in [5, 5.41) is 8.75. The van der Waals surface area contributed by atoms with Crippen molar-refractivity contribution in [3.63, 3.8) is 0 Å². The van der Waals surface area contributed by atoms with Crippen LogP contribution < -0.4 is 0 Å². The zero-order valence-corrected chi connectivity index (χ0v) is 11.4. The van der Waals surface area contributed by atoms with Gasteiger partial charge < -0.3 is 10.0 Å². The van der Waals surface area contributed by atoms with Crippen LogP contribution in [0.5, 0.6) is 0 Å². The molecular weight excluding hydrogens is 282 g/mol. The molecule has 1 atom stereocenters. The molecule has 1 amide bonds. The van der Waals surface area contributed by atoms with Crippen molar-refractivity contribution >= 4 is 11.9 Å². The normalized spacial score (nSPS) is 18.6. The second-order valence-corrected chi connectivity index (χ2v) is 5.04. The molecule has 21 heavy (non-hydrogen) atoms. The molecule has 0 aliphatic carbocycles. The number of hydrogen-bond acceptors (Lipinski definition) is 3. The molecule has 0 radical (unpaired) electrons. The van der Waals surface area contributed by atoms with E-state index in [4.69, 9.17) is 5.11 Å². The first-order chi connectivity index (χ1) is 10.0. The molecular formula is C14H16F2N2O3. The second-order valence-electron chi connectivity index (χ2n) is 5.04. The van der Waals surface area contributed by atoms with Crippen molar-refractivity contribution in [3.05, 3.63) is 29.6 Å². The van der Waals surface area contributed by atoms with Crippen LogP contribution in [0.4, 0.5) is 8.78 Å². The van der Waals surface area contributed by atoms with Gasteiger partial charge in [0.2, 0.25) is 5.95 Å². The Morgan fingerprint density at radius 1 is 1.38 bits per heavy atom. The summed E-state index contributed by atoms with van der Waals surface area (Å²) in [7, 11) is 0. The third-order valence-corrected chi connectivity index (χ3v) is 3.66. The van der Waals surface area contributed by atoms with Crippen molar-refractivity contribution in [1.82, 2.24) is 9.88 Å². The van der Waals surface area contributed by atoms with Crippen LogP contribution in [0.3, 0.4) is 0 Å². The SMILES string of the molecule is O=C(O)CCC1CCCCN1C(=O)c1ccnc(F)c1F. The summed E-state index contributed by atoms with van der Waals surface area (Å²) < 4.78 is 26.8. The van der Waals surface area contributed by atoms with Crippen molar-refractivity contribution in [2.45, 2.75) is 38.1 Å². The van der Waals surface area contributed by atoms with E-state index in [0.717, 1.165) is 25.1 Å². The molecule has 0 bridgehead atoms. The summed E-state index contributed by atoms with van der Waals surface area (Å²) in [6.07, 6.45) is 3.64. The highest BCUT2D eigenvalue weighted by Crippen LogP contribution is 2.24. The Hall–Kier alpha value is -2.05. The number of nitrogens with zero attached hydrogens (tertiary/aromatic N) is 2. The van der Waals surface area contributed by atoms with Crippen molar-refractivity contribution < 1.29 is 23.5 Å². The number of aromatic nitrogens is 1. The highest BCUT2D eigenvalue weighted by Gasteiger charge is 2.30. The van der Waals surface area contributed by atoms with Gasteiger partial charge in [-0.2, -0.15) is 4.39 Å². The van der Waals surface area contributed by atoms with Gasteiger partial charge in [0, 0.05) is 25.2 Å². The maximum Gasteiger partial charge on any atom is 0.303 e. The summed E-state index contributed by atoms with van der Waals surface area (Å²) in [4.78, 5) is 27.6. The number of carboxylic acid groups (broad SMARTS) is 1. The van der Waals surface area contributed by atoms with E-state index in [1.807, 2.05) is 0 Å². The van der Waals surface area contributed by atoms with Crippen LogP contribution >= 0.6 is 0 Å². The number of carboxylic acids is 1. The van der Waals surface area contributed by atoms with Gasteiger partial charge in [0.1, 0.15) is 0 Å². The highest BCUT2D eigenvalue weighted by molar-refractivity contribution is 5.94. The van der Waals surface area contributed by atoms with Crippen LogP contribution in [0.25, 0.3) is 0 Å². The average Bonchev–Trinajstić information content (AvgIpc) is 2.47. The summed E-state index contributed by atoms with van der Waals surface area (Å²) >= 11 is 0. The number of likely N-dealkylation sites (tertiary alicyclic amines) is 1. The zero-order chi connectivity index (χ0) is 15.4. The maximum atomic E-state index is 13.7. The van der Waals surface area contributed by atoms with Gasteiger partial charge >= 0.3 is 5.97 Å². The lowest BCUT2D eigenvalue weighted by Crippen LogP contribution is -2.44. The molecule has 2 heterocycles. The molecule has 0 aromatic carbocycles. The first kappa shape index (κ1) is 15.3. The molecule has 1 aromatic heterocycles. The fraction of sp³-hybridized carbons (Fsp3) is 0.500. The first-order valence-electron chi connectivity index (χ1n) is 6.83. The molecule has 1 saturated heterocycles. The lowest BCUT2D eigenvalue weighted by Gasteiger charge is -2.35. The summed E-state index contributed by atoms with van der Waals surface area (Å²) in [5.41, 5.74) is -0.357. The van der Waals surface area contributed by atoms with E-state index in [-0.39, 0.29) is 18.0 Å². The molecule has 0 saturated carbocycles. The van der Waals surface area contributed by atoms with Crippen LogP contribution in [-0.2, 0) is 4.79 Å². The fourth-order valence-electron chi connectivity index (χ4n) is 2.60. The number of halogens is 2. The number of amides is 1. The largest absolute Gasteiger partial charge is 0.481 e. The summed E-state index contributed by atoms with van der Waals surface area (Å²) in [5.74, 6) is -4.11. The van der Waals surface area contributed by atoms with Crippen LogP contribution in [0.2, 0.25) is 0 Å². The number of pyridine rings is 1. The number of carbonyl (C=O) groups excluding carboxylic acids is 1. The molecule has 7 heteroatoms. The molecule has 5 nitrogen and oxygen atoms in total. The number of carbonyl (C=O) groups is 2.